The van der Waals surface area contributed by atoms with Crippen molar-refractivity contribution in [1.29, 1.82) is 0 Å². The largest absolute Gasteiger partial charge is 0.319 e. The number of aryl methyl sites for hydroxylation is 1. The van der Waals surface area contributed by atoms with Crippen molar-refractivity contribution < 1.29 is 0 Å². The number of para-hydroxylation sites is 1. The first-order valence-electron chi connectivity index (χ1n) is 8.01. The highest BCUT2D eigenvalue weighted by atomic mass is 32.2. The smallest absolute Gasteiger partial charge is 0.250 e. The van der Waals surface area contributed by atoms with Crippen LogP contribution >= 0.6 is 11.8 Å². The topological polar surface area (TPSA) is 52.7 Å². The van der Waals surface area contributed by atoms with Crippen LogP contribution in [-0.2, 0) is 12.8 Å². The average molecular weight is 338 g/mol. The molecule has 24 heavy (non-hydrogen) atoms. The Balaban J connectivity index is 1.57. The highest BCUT2D eigenvalue weighted by Crippen LogP contribution is 2.40. The third-order valence-electron chi connectivity index (χ3n) is 4.09. The molecule has 122 valence electrons. The lowest BCUT2D eigenvalue weighted by Gasteiger charge is -2.03. The number of thioether (sulfide) groups is 1. The van der Waals surface area contributed by atoms with Gasteiger partial charge in [0, 0.05) is 31.0 Å². The number of hydrogen-bond acceptors (Lipinski definition) is 4. The van der Waals surface area contributed by atoms with Crippen molar-refractivity contribution in [2.24, 2.45) is 7.05 Å². The van der Waals surface area contributed by atoms with Gasteiger partial charge in [0.2, 0.25) is 5.16 Å². The van der Waals surface area contributed by atoms with Gasteiger partial charge in [0.1, 0.15) is 5.82 Å². The molecule has 1 aromatic carbocycles. The third kappa shape index (κ3) is 3.14. The van der Waals surface area contributed by atoms with Gasteiger partial charge in [0.25, 0.3) is 5.56 Å². The van der Waals surface area contributed by atoms with Gasteiger partial charge in [0.05, 0.1) is 5.69 Å². The molecule has 4 rings (SSSR count). The maximum Gasteiger partial charge on any atom is 0.250 e. The Morgan fingerprint density at radius 3 is 2.71 bits per heavy atom. The molecule has 1 saturated carbocycles. The summed E-state index contributed by atoms with van der Waals surface area (Å²) in [6, 6.07) is 13.8. The van der Waals surface area contributed by atoms with Crippen molar-refractivity contribution in [3.63, 3.8) is 0 Å². The first-order valence-corrected chi connectivity index (χ1v) is 9.00. The van der Waals surface area contributed by atoms with E-state index in [-0.39, 0.29) is 5.56 Å². The summed E-state index contributed by atoms with van der Waals surface area (Å²) in [5.41, 5.74) is 2.05. The maximum atomic E-state index is 11.7. The van der Waals surface area contributed by atoms with Gasteiger partial charge in [-0.25, -0.2) is 9.67 Å². The fraction of sp³-hybridized carbons (Fsp3) is 0.278. The summed E-state index contributed by atoms with van der Waals surface area (Å²) in [5.74, 6) is 2.27. The van der Waals surface area contributed by atoms with Crippen molar-refractivity contribution >= 4 is 11.8 Å². The van der Waals surface area contributed by atoms with E-state index in [4.69, 9.17) is 4.98 Å². The normalized spacial score (nSPS) is 14.0. The lowest BCUT2D eigenvalue weighted by molar-refractivity contribution is 0.782. The van der Waals surface area contributed by atoms with Gasteiger partial charge in [-0.15, -0.1) is 5.10 Å². The highest BCUT2D eigenvalue weighted by molar-refractivity contribution is 7.98. The van der Waals surface area contributed by atoms with Gasteiger partial charge >= 0.3 is 0 Å². The highest BCUT2D eigenvalue weighted by Gasteiger charge is 2.30. The second kappa shape index (κ2) is 6.28. The quantitative estimate of drug-likeness (QED) is 0.671. The minimum Gasteiger partial charge on any atom is -0.319 e. The summed E-state index contributed by atoms with van der Waals surface area (Å²) in [4.78, 5) is 16.4. The molecule has 0 atom stereocenters. The summed E-state index contributed by atoms with van der Waals surface area (Å²) in [6.45, 7) is 0. The van der Waals surface area contributed by atoms with Gasteiger partial charge < -0.3 is 4.57 Å². The molecule has 0 bridgehead atoms. The van der Waals surface area contributed by atoms with E-state index in [9.17, 15) is 4.79 Å². The predicted molar refractivity (Wildman–Crippen MR) is 94.6 cm³/mol. The van der Waals surface area contributed by atoms with Crippen LogP contribution in [0.5, 0.6) is 0 Å². The van der Waals surface area contributed by atoms with Crippen molar-refractivity contribution in [3.05, 3.63) is 70.4 Å². The molecular weight excluding hydrogens is 320 g/mol. The number of rotatable bonds is 5. The van der Waals surface area contributed by atoms with E-state index in [1.54, 1.807) is 35.6 Å². The molecule has 6 heteroatoms. The van der Waals surface area contributed by atoms with Crippen molar-refractivity contribution in [3.8, 4) is 5.69 Å². The van der Waals surface area contributed by atoms with Crippen LogP contribution in [0.2, 0.25) is 0 Å². The summed E-state index contributed by atoms with van der Waals surface area (Å²) in [6.07, 6.45) is 4.17. The molecule has 5 nitrogen and oxygen atoms in total. The Labute approximate surface area is 144 Å². The van der Waals surface area contributed by atoms with E-state index in [0.29, 0.717) is 11.7 Å². The van der Waals surface area contributed by atoms with Crippen molar-refractivity contribution in [2.75, 3.05) is 0 Å². The third-order valence-corrected chi connectivity index (χ3v) is 5.00. The molecule has 0 saturated heterocycles. The molecule has 0 amide bonds. The minimum absolute atomic E-state index is 0.00884. The van der Waals surface area contributed by atoms with Crippen LogP contribution in [0.3, 0.4) is 0 Å². The second-order valence-electron chi connectivity index (χ2n) is 6.05. The van der Waals surface area contributed by atoms with Crippen LogP contribution in [0.15, 0.2) is 58.6 Å². The molecule has 0 N–H and O–H groups in total. The molecule has 1 aliphatic carbocycles. The monoisotopic (exact) mass is 338 g/mol. The predicted octanol–water partition coefficient (Wildman–Crippen LogP) is 3.14. The van der Waals surface area contributed by atoms with Crippen molar-refractivity contribution in [1.82, 2.24) is 19.3 Å². The molecular formula is C18H18N4OS. The van der Waals surface area contributed by atoms with Crippen molar-refractivity contribution in [2.45, 2.75) is 29.7 Å². The summed E-state index contributed by atoms with van der Waals surface area (Å²) in [5, 5.41) is 5.45. The SMILES string of the molecule is Cn1ccc(CSc2nc(C3CC3)n(-c3ccccc3)n2)cc1=O. The lowest BCUT2D eigenvalue weighted by atomic mass is 10.3. The van der Waals surface area contributed by atoms with Crippen LogP contribution in [0.4, 0.5) is 0 Å². The Morgan fingerprint density at radius 2 is 2.00 bits per heavy atom. The number of nitrogens with zero attached hydrogens (tertiary/aromatic N) is 4. The van der Waals surface area contributed by atoms with Gasteiger partial charge in [0.15, 0.2) is 0 Å². The number of hydrogen-bond donors (Lipinski definition) is 0. The Bertz CT molecular complexity index is 912. The Morgan fingerprint density at radius 1 is 1.21 bits per heavy atom. The van der Waals surface area contributed by atoms with E-state index in [1.807, 2.05) is 28.9 Å². The van der Waals surface area contributed by atoms with Crippen LogP contribution in [0, 0.1) is 0 Å². The van der Waals surface area contributed by atoms with Gasteiger partial charge in [-0.2, -0.15) is 0 Å². The van der Waals surface area contributed by atoms with Gasteiger partial charge in [-0.1, -0.05) is 30.0 Å². The summed E-state index contributed by atoms with van der Waals surface area (Å²) in [7, 11) is 1.75. The Hall–Kier alpha value is -2.34. The first kappa shape index (κ1) is 15.2. The number of aromatic nitrogens is 4. The molecule has 0 unspecified atom stereocenters. The zero-order chi connectivity index (χ0) is 16.5. The molecule has 0 aliphatic heterocycles. The number of benzene rings is 1. The molecule has 0 spiro atoms. The van der Waals surface area contributed by atoms with E-state index in [1.165, 1.54) is 12.8 Å². The fourth-order valence-corrected chi connectivity index (χ4v) is 3.33. The average Bonchev–Trinajstić information content (AvgIpc) is 3.36. The van der Waals surface area contributed by atoms with Crippen LogP contribution < -0.4 is 5.56 Å². The summed E-state index contributed by atoms with van der Waals surface area (Å²) < 4.78 is 3.53. The minimum atomic E-state index is 0.00884. The zero-order valence-corrected chi connectivity index (χ0v) is 14.2. The maximum absolute atomic E-state index is 11.7. The van der Waals surface area contributed by atoms with E-state index < -0.39 is 0 Å². The van der Waals surface area contributed by atoms with Gasteiger partial charge in [-0.3, -0.25) is 4.79 Å². The molecule has 1 aliphatic rings. The molecule has 0 radical (unpaired) electrons. The van der Waals surface area contributed by atoms with Crippen LogP contribution in [0.1, 0.15) is 30.1 Å². The molecule has 2 aromatic heterocycles. The fourth-order valence-electron chi connectivity index (χ4n) is 2.56. The van der Waals surface area contributed by atoms with E-state index in [2.05, 4.69) is 17.2 Å². The van der Waals surface area contributed by atoms with Crippen LogP contribution in [0.25, 0.3) is 5.69 Å². The van der Waals surface area contributed by atoms with E-state index in [0.717, 1.165) is 22.2 Å². The summed E-state index contributed by atoms with van der Waals surface area (Å²) >= 11 is 1.57. The zero-order valence-electron chi connectivity index (χ0n) is 13.4. The molecule has 2 heterocycles. The Kier molecular flexibility index (Phi) is 3.98. The number of pyridine rings is 1. The molecule has 3 aromatic rings. The van der Waals surface area contributed by atoms with E-state index >= 15 is 0 Å². The standard InChI is InChI=1S/C18H18N4OS/c1-21-10-9-13(11-16(21)23)12-24-18-19-17(14-7-8-14)22(20-18)15-5-3-2-4-6-15/h2-6,9-11,14H,7-8,12H2,1H3. The molecule has 1 fully saturated rings. The van der Waals surface area contributed by atoms with Crippen LogP contribution in [-0.4, -0.2) is 19.3 Å². The first-order chi connectivity index (χ1) is 11.7. The second-order valence-corrected chi connectivity index (χ2v) is 6.99. The van der Waals surface area contributed by atoms with Gasteiger partial charge in [-0.05, 0) is 36.6 Å². The lowest BCUT2D eigenvalue weighted by Crippen LogP contribution is -2.14.